The van der Waals surface area contributed by atoms with Gasteiger partial charge in [0.2, 0.25) is 0 Å². The largest absolute Gasteiger partial charge is 0.242 e. The average Bonchev–Trinajstić information content (AvgIpc) is 2.47. The number of rotatable bonds is 1. The number of aromatic nitrogens is 4. The van der Waals surface area contributed by atoms with E-state index in [0.717, 1.165) is 0 Å². The van der Waals surface area contributed by atoms with E-state index >= 15 is 0 Å². The van der Waals surface area contributed by atoms with Gasteiger partial charge in [-0.1, -0.05) is 0 Å². The lowest BCUT2D eigenvalue weighted by atomic mass is 10.6. The maximum absolute atomic E-state index is 10.4. The summed E-state index contributed by atoms with van der Waals surface area (Å²) in [6.07, 6.45) is 4.42. The highest BCUT2D eigenvalue weighted by molar-refractivity contribution is 7.64. The molecule has 0 aliphatic heterocycles. The van der Waals surface area contributed by atoms with Gasteiger partial charge in [-0.25, -0.2) is 23.1 Å². The zero-order chi connectivity index (χ0) is 7.68. The standard InChI is InChI=1S/C5H4N4OS/c10-11-9-3-8-4-1-6-2-7-5(4)9/h1-3,11H. The summed E-state index contributed by atoms with van der Waals surface area (Å²) in [6.45, 7) is 0. The van der Waals surface area contributed by atoms with Crippen LogP contribution in [0.1, 0.15) is 0 Å². The fourth-order valence-electron chi connectivity index (χ4n) is 0.815. The SMILES string of the molecule is O=[SH]n1cnc2cncnc21. The van der Waals surface area contributed by atoms with E-state index in [0.29, 0.717) is 11.2 Å². The van der Waals surface area contributed by atoms with Gasteiger partial charge in [-0.05, 0) is 0 Å². The molecule has 0 spiro atoms. The van der Waals surface area contributed by atoms with Gasteiger partial charge in [-0.3, -0.25) is 0 Å². The van der Waals surface area contributed by atoms with Crippen LogP contribution in [0.2, 0.25) is 0 Å². The maximum Gasteiger partial charge on any atom is 0.175 e. The van der Waals surface area contributed by atoms with Gasteiger partial charge in [0.15, 0.2) is 5.65 Å². The molecule has 0 saturated heterocycles. The molecule has 0 aliphatic carbocycles. The second kappa shape index (κ2) is 2.39. The number of imidazole rings is 1. The molecule has 6 heteroatoms. The molecule has 0 saturated carbocycles. The monoisotopic (exact) mass is 168 g/mol. The van der Waals surface area contributed by atoms with E-state index in [-0.39, 0.29) is 11.9 Å². The van der Waals surface area contributed by atoms with Crippen molar-refractivity contribution >= 4 is 23.0 Å². The van der Waals surface area contributed by atoms with Gasteiger partial charge >= 0.3 is 0 Å². The van der Waals surface area contributed by atoms with Gasteiger partial charge in [0.25, 0.3) is 0 Å². The van der Waals surface area contributed by atoms with Crippen molar-refractivity contribution in [3.8, 4) is 0 Å². The average molecular weight is 168 g/mol. The summed E-state index contributed by atoms with van der Waals surface area (Å²) in [5, 5.41) is 0. The zero-order valence-corrected chi connectivity index (χ0v) is 6.27. The molecule has 0 aromatic carbocycles. The quantitative estimate of drug-likeness (QED) is 0.585. The predicted molar refractivity (Wildman–Crippen MR) is 40.3 cm³/mol. The van der Waals surface area contributed by atoms with E-state index in [1.165, 1.54) is 16.6 Å². The normalized spacial score (nSPS) is 10.5. The van der Waals surface area contributed by atoms with E-state index in [2.05, 4.69) is 15.0 Å². The van der Waals surface area contributed by atoms with Crippen LogP contribution in [-0.2, 0) is 11.9 Å². The smallest absolute Gasteiger partial charge is 0.175 e. The van der Waals surface area contributed by atoms with Crippen LogP contribution in [0.4, 0.5) is 0 Å². The molecule has 0 N–H and O–H groups in total. The summed E-state index contributed by atoms with van der Waals surface area (Å²) in [5.74, 6) is 0. The van der Waals surface area contributed by atoms with Crippen LogP contribution < -0.4 is 0 Å². The van der Waals surface area contributed by atoms with Crippen LogP contribution in [0.5, 0.6) is 0 Å². The van der Waals surface area contributed by atoms with Gasteiger partial charge < -0.3 is 0 Å². The lowest BCUT2D eigenvalue weighted by Crippen LogP contribution is -1.89. The molecule has 5 nitrogen and oxygen atoms in total. The van der Waals surface area contributed by atoms with Crippen molar-refractivity contribution < 1.29 is 4.21 Å². The van der Waals surface area contributed by atoms with Crippen molar-refractivity contribution in [3.63, 3.8) is 0 Å². The number of hydrogen-bond donors (Lipinski definition) is 1. The second-order valence-corrected chi connectivity index (χ2v) is 2.50. The Morgan fingerprint density at radius 2 is 2.36 bits per heavy atom. The summed E-state index contributed by atoms with van der Waals surface area (Å²) >= 11 is -0.129. The maximum atomic E-state index is 10.4. The Hall–Kier alpha value is -1.30. The van der Waals surface area contributed by atoms with E-state index in [9.17, 15) is 4.21 Å². The van der Waals surface area contributed by atoms with Crippen molar-refractivity contribution in [2.45, 2.75) is 0 Å². The molecule has 0 atom stereocenters. The number of thiol groups is 1. The molecular formula is C5H4N4OS. The lowest BCUT2D eigenvalue weighted by molar-refractivity contribution is 0.689. The Morgan fingerprint density at radius 1 is 1.45 bits per heavy atom. The minimum absolute atomic E-state index is 0.129. The van der Waals surface area contributed by atoms with Crippen LogP contribution >= 0.6 is 0 Å². The number of hydrogen-bond acceptors (Lipinski definition) is 4. The molecule has 2 rings (SSSR count). The van der Waals surface area contributed by atoms with Crippen molar-refractivity contribution in [2.24, 2.45) is 0 Å². The third-order valence-corrected chi connectivity index (χ3v) is 1.75. The van der Waals surface area contributed by atoms with Crippen molar-refractivity contribution in [1.82, 2.24) is 18.9 Å². The van der Waals surface area contributed by atoms with Gasteiger partial charge in [0.1, 0.15) is 30.0 Å². The first-order valence-electron chi connectivity index (χ1n) is 2.88. The van der Waals surface area contributed by atoms with Crippen molar-refractivity contribution in [2.75, 3.05) is 0 Å². The van der Waals surface area contributed by atoms with Crippen LogP contribution in [0.25, 0.3) is 11.2 Å². The summed E-state index contributed by atoms with van der Waals surface area (Å²) in [4.78, 5) is 11.6. The van der Waals surface area contributed by atoms with Crippen molar-refractivity contribution in [3.05, 3.63) is 18.9 Å². The molecule has 11 heavy (non-hydrogen) atoms. The molecule has 0 bridgehead atoms. The Labute approximate surface area is 65.7 Å². The first-order valence-corrected chi connectivity index (χ1v) is 3.65. The molecule has 0 unspecified atom stereocenters. The Morgan fingerprint density at radius 3 is 3.18 bits per heavy atom. The summed E-state index contributed by atoms with van der Waals surface area (Å²) < 4.78 is 11.8. The van der Waals surface area contributed by atoms with E-state index in [4.69, 9.17) is 0 Å². The van der Waals surface area contributed by atoms with Crippen LogP contribution in [-0.4, -0.2) is 23.1 Å². The van der Waals surface area contributed by atoms with E-state index in [1.807, 2.05) is 0 Å². The number of fused-ring (bicyclic) bond motifs is 1. The summed E-state index contributed by atoms with van der Waals surface area (Å²) in [7, 11) is 0. The first kappa shape index (κ1) is 6.41. The van der Waals surface area contributed by atoms with Crippen LogP contribution in [0.3, 0.4) is 0 Å². The zero-order valence-electron chi connectivity index (χ0n) is 5.38. The molecule has 0 radical (unpaired) electrons. The first-order chi connectivity index (χ1) is 5.42. The molecule has 0 fully saturated rings. The second-order valence-electron chi connectivity index (χ2n) is 1.90. The molecule has 2 heterocycles. The van der Waals surface area contributed by atoms with Crippen molar-refractivity contribution in [1.29, 1.82) is 0 Å². The Bertz CT molecular complexity index is 398. The Balaban J connectivity index is 2.86. The fourth-order valence-corrected chi connectivity index (χ4v) is 1.14. The van der Waals surface area contributed by atoms with E-state index in [1.54, 1.807) is 6.20 Å². The topological polar surface area (TPSA) is 60.7 Å². The lowest BCUT2D eigenvalue weighted by Gasteiger charge is -1.87. The molecule has 0 aliphatic rings. The number of nitrogens with zero attached hydrogens (tertiary/aromatic N) is 4. The van der Waals surface area contributed by atoms with Gasteiger partial charge in [0.05, 0.1) is 6.20 Å². The van der Waals surface area contributed by atoms with Gasteiger partial charge in [-0.2, -0.15) is 0 Å². The van der Waals surface area contributed by atoms with Crippen LogP contribution in [0, 0.1) is 0 Å². The highest BCUT2D eigenvalue weighted by atomic mass is 32.2. The molecule has 2 aromatic rings. The minimum atomic E-state index is -0.129. The molecule has 56 valence electrons. The van der Waals surface area contributed by atoms with Crippen LogP contribution in [0.15, 0.2) is 18.9 Å². The predicted octanol–water partition coefficient (Wildman–Crippen LogP) is -0.465. The minimum Gasteiger partial charge on any atom is -0.242 e. The Kier molecular flexibility index (Phi) is 1.39. The highest BCUT2D eigenvalue weighted by Crippen LogP contribution is 2.04. The highest BCUT2D eigenvalue weighted by Gasteiger charge is 1.99. The van der Waals surface area contributed by atoms with Gasteiger partial charge in [-0.15, -0.1) is 0 Å². The molecule has 0 amide bonds. The molecular weight excluding hydrogens is 164 g/mol. The fraction of sp³-hybridized carbons (Fsp3) is 0. The molecule has 2 aromatic heterocycles. The van der Waals surface area contributed by atoms with Gasteiger partial charge in [0, 0.05) is 0 Å². The third-order valence-electron chi connectivity index (χ3n) is 1.28. The summed E-state index contributed by atoms with van der Waals surface area (Å²) in [5.41, 5.74) is 1.23. The third kappa shape index (κ3) is 0.911. The summed E-state index contributed by atoms with van der Waals surface area (Å²) in [6, 6.07) is 0. The van der Waals surface area contributed by atoms with E-state index < -0.39 is 0 Å².